The van der Waals surface area contributed by atoms with Crippen LogP contribution in [0.2, 0.25) is 0 Å². The van der Waals surface area contributed by atoms with Crippen LogP contribution < -0.4 is 33.8 Å². The molecule has 2 heterocycles. The van der Waals surface area contributed by atoms with Gasteiger partial charge in [-0.3, -0.25) is 9.36 Å². The minimum atomic E-state index is -0.309. The minimum absolute atomic E-state index is 0.0817. The van der Waals surface area contributed by atoms with Gasteiger partial charge in [0.15, 0.2) is 27.8 Å². The fourth-order valence-electron chi connectivity index (χ4n) is 5.55. The van der Waals surface area contributed by atoms with Gasteiger partial charge in [-0.2, -0.15) is 0 Å². The fourth-order valence-corrected chi connectivity index (χ4v) is 6.55. The smallest absolute Gasteiger partial charge is 0.271 e. The number of benzene rings is 3. The molecule has 4 aromatic rings. The van der Waals surface area contributed by atoms with Gasteiger partial charge in [0.2, 0.25) is 0 Å². The molecule has 0 unspecified atom stereocenters. The first kappa shape index (κ1) is 26.0. The summed E-state index contributed by atoms with van der Waals surface area (Å²) in [6.45, 7) is 2.47. The first-order chi connectivity index (χ1) is 19.6. The van der Waals surface area contributed by atoms with Crippen molar-refractivity contribution in [2.75, 3.05) is 27.9 Å². The third-order valence-corrected chi connectivity index (χ3v) is 8.36. The van der Waals surface area contributed by atoms with Crippen LogP contribution in [0, 0.1) is 0 Å². The summed E-state index contributed by atoms with van der Waals surface area (Å²) in [5.74, 6) is 2.56. The molecule has 0 saturated carbocycles. The van der Waals surface area contributed by atoms with Crippen LogP contribution in [-0.2, 0) is 6.42 Å². The largest absolute Gasteiger partial charge is 0.493 e. The molecule has 1 aliphatic carbocycles. The highest BCUT2D eigenvalue weighted by molar-refractivity contribution is 7.07. The predicted octanol–water partition coefficient (Wildman–Crippen LogP) is 4.74. The summed E-state index contributed by atoms with van der Waals surface area (Å²) in [7, 11) is 4.86. The Labute approximate surface area is 236 Å². The zero-order valence-electron chi connectivity index (χ0n) is 22.9. The number of methoxy groups -OCH3 is 3. The van der Waals surface area contributed by atoms with E-state index in [1.165, 1.54) is 16.9 Å². The van der Waals surface area contributed by atoms with Crippen molar-refractivity contribution >= 4 is 23.1 Å². The maximum atomic E-state index is 14.1. The number of rotatable bonds is 7. The molecule has 1 aromatic heterocycles. The molecule has 6 rings (SSSR count). The van der Waals surface area contributed by atoms with E-state index in [-0.39, 0.29) is 11.6 Å². The summed E-state index contributed by atoms with van der Waals surface area (Å²) in [6.07, 6.45) is 3.60. The minimum Gasteiger partial charge on any atom is -0.493 e. The van der Waals surface area contributed by atoms with Crippen molar-refractivity contribution in [2.24, 2.45) is 4.99 Å². The van der Waals surface area contributed by atoms with Crippen molar-refractivity contribution in [2.45, 2.75) is 25.8 Å². The predicted molar refractivity (Wildman–Crippen MR) is 156 cm³/mol. The van der Waals surface area contributed by atoms with Gasteiger partial charge in [-0.25, -0.2) is 4.99 Å². The highest BCUT2D eigenvalue weighted by Crippen LogP contribution is 2.42. The van der Waals surface area contributed by atoms with Crippen molar-refractivity contribution in [3.8, 4) is 23.0 Å². The van der Waals surface area contributed by atoms with Crippen LogP contribution in [0.3, 0.4) is 0 Å². The Morgan fingerprint density at radius 2 is 1.68 bits per heavy atom. The number of hydrogen-bond donors (Lipinski definition) is 0. The highest BCUT2D eigenvalue weighted by Gasteiger charge is 2.33. The number of aryl methyl sites for hydroxylation is 1. The standard InChI is InChI=1S/C32H30N2O5S/c1-5-39-25-14-10-19(16-26(25)37-3)17-28-31(35)34-30(21-12-15-24(36-2)27(18-21)38-4)23-13-11-20-8-6-7-9-22(20)29(23)33-32(34)40-28/h6-10,12,14-18,30H,5,11,13H2,1-4H3/b28-17-/t30-/m1/s1. The van der Waals surface area contributed by atoms with Gasteiger partial charge >= 0.3 is 0 Å². The van der Waals surface area contributed by atoms with Crippen molar-refractivity contribution in [1.82, 2.24) is 4.57 Å². The number of allylic oxidation sites excluding steroid dienone is 1. The van der Waals surface area contributed by atoms with Gasteiger partial charge in [0.25, 0.3) is 5.56 Å². The second-order valence-corrected chi connectivity index (χ2v) is 10.6. The van der Waals surface area contributed by atoms with Gasteiger partial charge in [0.05, 0.1) is 44.2 Å². The molecule has 7 nitrogen and oxygen atoms in total. The maximum Gasteiger partial charge on any atom is 0.271 e. The summed E-state index contributed by atoms with van der Waals surface area (Å²) in [5.41, 5.74) is 6.21. The molecule has 8 heteroatoms. The molecule has 0 bridgehead atoms. The Balaban J connectivity index is 1.57. The van der Waals surface area contributed by atoms with Gasteiger partial charge in [0, 0.05) is 5.56 Å². The summed E-state index contributed by atoms with van der Waals surface area (Å²) in [5, 5.41) is 0. The van der Waals surface area contributed by atoms with E-state index in [4.69, 9.17) is 23.9 Å². The van der Waals surface area contributed by atoms with Crippen LogP contribution >= 0.6 is 11.3 Å². The third-order valence-electron chi connectivity index (χ3n) is 7.38. The van der Waals surface area contributed by atoms with Crippen LogP contribution in [-0.4, -0.2) is 32.5 Å². The lowest BCUT2D eigenvalue weighted by molar-refractivity contribution is 0.311. The first-order valence-corrected chi connectivity index (χ1v) is 14.0. The molecule has 3 aromatic carbocycles. The Hall–Kier alpha value is -4.30. The number of fused-ring (bicyclic) bond motifs is 3. The number of ether oxygens (including phenoxy) is 4. The normalized spacial score (nSPS) is 16.0. The van der Waals surface area contributed by atoms with Crippen LogP contribution in [0.1, 0.15) is 41.6 Å². The Kier molecular flexibility index (Phi) is 6.94. The average Bonchev–Trinajstić information content (AvgIpc) is 3.30. The quantitative estimate of drug-likeness (QED) is 0.330. The molecule has 0 N–H and O–H groups in total. The molecule has 1 atom stereocenters. The van der Waals surface area contributed by atoms with E-state index < -0.39 is 0 Å². The zero-order chi connectivity index (χ0) is 27.8. The van der Waals surface area contributed by atoms with Crippen LogP contribution in [0.25, 0.3) is 11.8 Å². The lowest BCUT2D eigenvalue weighted by Gasteiger charge is -2.31. The third kappa shape index (κ3) is 4.38. The summed E-state index contributed by atoms with van der Waals surface area (Å²) in [4.78, 5) is 19.8. The Morgan fingerprint density at radius 3 is 2.45 bits per heavy atom. The number of nitrogens with zero attached hydrogens (tertiary/aromatic N) is 2. The Morgan fingerprint density at radius 1 is 0.925 bits per heavy atom. The van der Waals surface area contributed by atoms with E-state index in [1.807, 2.05) is 60.0 Å². The molecule has 2 aliphatic rings. The summed E-state index contributed by atoms with van der Waals surface area (Å²) in [6, 6.07) is 19.6. The van der Waals surface area contributed by atoms with Gasteiger partial charge < -0.3 is 18.9 Å². The molecular formula is C32H30N2O5S. The van der Waals surface area contributed by atoms with Crippen molar-refractivity contribution in [1.29, 1.82) is 0 Å². The van der Waals surface area contributed by atoms with Crippen LogP contribution in [0.15, 0.2) is 76.0 Å². The van der Waals surface area contributed by atoms with Crippen molar-refractivity contribution < 1.29 is 18.9 Å². The molecule has 0 spiro atoms. The van der Waals surface area contributed by atoms with Crippen LogP contribution in [0.5, 0.6) is 23.0 Å². The molecular weight excluding hydrogens is 524 g/mol. The van der Waals surface area contributed by atoms with E-state index in [9.17, 15) is 4.79 Å². The van der Waals surface area contributed by atoms with E-state index in [0.29, 0.717) is 38.9 Å². The lowest BCUT2D eigenvalue weighted by Crippen LogP contribution is -2.38. The molecule has 0 saturated heterocycles. The van der Waals surface area contributed by atoms with Crippen LogP contribution in [0.4, 0.5) is 0 Å². The number of aromatic nitrogens is 1. The Bertz CT molecular complexity index is 1820. The summed E-state index contributed by atoms with van der Waals surface area (Å²) >= 11 is 1.40. The van der Waals surface area contributed by atoms with E-state index in [2.05, 4.69) is 18.2 Å². The molecule has 1 aliphatic heterocycles. The SMILES string of the molecule is CCOc1ccc(/C=c2\sc3n(c2=O)[C@H](c2ccc(OC)c(OC)c2)C2=C(N=3)c3ccccc3CC2)cc1OC. The molecule has 0 fully saturated rings. The van der Waals surface area contributed by atoms with Crippen molar-refractivity contribution in [3.05, 3.63) is 108 Å². The fraction of sp³-hybridized carbons (Fsp3) is 0.250. The van der Waals surface area contributed by atoms with Crippen molar-refractivity contribution in [3.63, 3.8) is 0 Å². The second kappa shape index (κ2) is 10.7. The highest BCUT2D eigenvalue weighted by atomic mass is 32.1. The molecule has 40 heavy (non-hydrogen) atoms. The number of thiazole rings is 1. The topological polar surface area (TPSA) is 71.3 Å². The van der Waals surface area contributed by atoms with E-state index in [0.717, 1.165) is 40.8 Å². The second-order valence-electron chi connectivity index (χ2n) is 9.57. The van der Waals surface area contributed by atoms with Gasteiger partial charge in [-0.15, -0.1) is 0 Å². The molecule has 0 amide bonds. The van der Waals surface area contributed by atoms with E-state index >= 15 is 0 Å². The van der Waals surface area contributed by atoms with Gasteiger partial charge in [0.1, 0.15) is 0 Å². The molecule has 204 valence electrons. The van der Waals surface area contributed by atoms with E-state index in [1.54, 1.807) is 21.3 Å². The van der Waals surface area contributed by atoms with Gasteiger partial charge in [-0.1, -0.05) is 47.7 Å². The van der Waals surface area contributed by atoms with Gasteiger partial charge in [-0.05, 0) is 72.4 Å². The zero-order valence-corrected chi connectivity index (χ0v) is 23.7. The number of hydrogen-bond acceptors (Lipinski definition) is 7. The molecule has 0 radical (unpaired) electrons. The first-order valence-electron chi connectivity index (χ1n) is 13.2. The maximum absolute atomic E-state index is 14.1. The monoisotopic (exact) mass is 554 g/mol. The average molecular weight is 555 g/mol. The lowest BCUT2D eigenvalue weighted by atomic mass is 9.83. The summed E-state index contributed by atoms with van der Waals surface area (Å²) < 4.78 is 24.7.